The molecule has 1 atom stereocenters. The molecular formula is C16H21N3O. The maximum Gasteiger partial charge on any atom is 0.161 e. The number of hydrogen-bond donors (Lipinski definition) is 1. The predicted molar refractivity (Wildman–Crippen MR) is 79.0 cm³/mol. The summed E-state index contributed by atoms with van der Waals surface area (Å²) < 4.78 is 7.31. The summed E-state index contributed by atoms with van der Waals surface area (Å²) in [7, 11) is 1.66. The van der Waals surface area contributed by atoms with E-state index in [1.54, 1.807) is 13.3 Å². The third-order valence-corrected chi connectivity index (χ3v) is 4.14. The Morgan fingerprint density at radius 1 is 1.35 bits per heavy atom. The van der Waals surface area contributed by atoms with Gasteiger partial charge in [-0.3, -0.25) is 4.68 Å². The smallest absolute Gasteiger partial charge is 0.161 e. The van der Waals surface area contributed by atoms with E-state index < -0.39 is 0 Å². The number of methoxy groups -OCH3 is 1. The first-order chi connectivity index (χ1) is 9.74. The first-order valence-electron chi connectivity index (χ1n) is 7.21. The third kappa shape index (κ3) is 2.10. The van der Waals surface area contributed by atoms with Crippen LogP contribution in [0.15, 0.2) is 24.4 Å². The molecule has 0 spiro atoms. The maximum atomic E-state index is 6.47. The monoisotopic (exact) mass is 271 g/mol. The highest BCUT2D eigenvalue weighted by Crippen LogP contribution is 2.31. The highest BCUT2D eigenvalue weighted by molar-refractivity contribution is 5.41. The highest BCUT2D eigenvalue weighted by atomic mass is 16.5. The van der Waals surface area contributed by atoms with Gasteiger partial charge in [-0.1, -0.05) is 18.2 Å². The lowest BCUT2D eigenvalue weighted by molar-refractivity contribution is 0.404. The van der Waals surface area contributed by atoms with Crippen LogP contribution in [0, 0.1) is 0 Å². The van der Waals surface area contributed by atoms with Crippen LogP contribution in [-0.4, -0.2) is 16.9 Å². The second-order valence-electron chi connectivity index (χ2n) is 5.27. The largest absolute Gasteiger partial charge is 0.493 e. The number of hydrogen-bond acceptors (Lipinski definition) is 3. The Kier molecular flexibility index (Phi) is 3.49. The standard InChI is InChI=1S/C16H21N3O/c1-3-19-16(14(20-2)10-18-19)15(17)13-8-7-11-5-4-6-12(11)9-13/h7-10,15H,3-6,17H2,1-2H3. The van der Waals surface area contributed by atoms with Gasteiger partial charge in [0.15, 0.2) is 5.75 Å². The van der Waals surface area contributed by atoms with E-state index in [-0.39, 0.29) is 6.04 Å². The van der Waals surface area contributed by atoms with E-state index >= 15 is 0 Å². The normalized spacial score (nSPS) is 15.2. The van der Waals surface area contributed by atoms with Crippen LogP contribution < -0.4 is 10.5 Å². The van der Waals surface area contributed by atoms with E-state index in [0.717, 1.165) is 23.6 Å². The Morgan fingerprint density at radius 3 is 2.90 bits per heavy atom. The number of nitrogens with zero attached hydrogens (tertiary/aromatic N) is 2. The quantitative estimate of drug-likeness (QED) is 0.929. The Bertz CT molecular complexity index is 597. The van der Waals surface area contributed by atoms with Crippen molar-refractivity contribution >= 4 is 0 Å². The Hall–Kier alpha value is -1.81. The SMILES string of the molecule is CCn1ncc(OC)c1C(N)c1ccc2c(c1)CCC2. The molecule has 106 valence electrons. The lowest BCUT2D eigenvalue weighted by Crippen LogP contribution is -2.18. The minimum Gasteiger partial charge on any atom is -0.493 e. The van der Waals surface area contributed by atoms with E-state index in [1.165, 1.54) is 30.4 Å². The molecule has 0 fully saturated rings. The molecule has 2 N–H and O–H groups in total. The van der Waals surface area contributed by atoms with Gasteiger partial charge in [-0.15, -0.1) is 0 Å². The predicted octanol–water partition coefficient (Wildman–Crippen LogP) is 2.45. The average molecular weight is 271 g/mol. The summed E-state index contributed by atoms with van der Waals surface area (Å²) in [5.74, 6) is 0.764. The van der Waals surface area contributed by atoms with Gasteiger partial charge in [-0.05, 0) is 42.9 Å². The van der Waals surface area contributed by atoms with E-state index in [2.05, 4.69) is 30.2 Å². The molecule has 1 aromatic heterocycles. The summed E-state index contributed by atoms with van der Waals surface area (Å²) in [6.45, 7) is 2.85. The van der Waals surface area contributed by atoms with Crippen molar-refractivity contribution in [1.82, 2.24) is 9.78 Å². The molecule has 1 aliphatic rings. The van der Waals surface area contributed by atoms with Crippen LogP contribution in [0.3, 0.4) is 0 Å². The molecule has 0 aliphatic heterocycles. The van der Waals surface area contributed by atoms with Crippen molar-refractivity contribution in [3.05, 3.63) is 46.8 Å². The van der Waals surface area contributed by atoms with Crippen molar-refractivity contribution < 1.29 is 4.74 Å². The van der Waals surface area contributed by atoms with Crippen LogP contribution in [-0.2, 0) is 19.4 Å². The molecule has 1 unspecified atom stereocenters. The molecular weight excluding hydrogens is 250 g/mol. The maximum absolute atomic E-state index is 6.47. The number of ether oxygens (including phenoxy) is 1. The van der Waals surface area contributed by atoms with Gasteiger partial charge in [0.25, 0.3) is 0 Å². The molecule has 0 bridgehead atoms. The Labute approximate surface area is 119 Å². The highest BCUT2D eigenvalue weighted by Gasteiger charge is 2.21. The van der Waals surface area contributed by atoms with Gasteiger partial charge in [0.1, 0.15) is 5.69 Å². The van der Waals surface area contributed by atoms with E-state index in [9.17, 15) is 0 Å². The molecule has 0 saturated heterocycles. The van der Waals surface area contributed by atoms with Crippen LogP contribution in [0.4, 0.5) is 0 Å². The molecule has 1 aliphatic carbocycles. The summed E-state index contributed by atoms with van der Waals surface area (Å²) in [6, 6.07) is 6.41. The second kappa shape index (κ2) is 5.29. The molecule has 4 nitrogen and oxygen atoms in total. The van der Waals surface area contributed by atoms with Crippen LogP contribution in [0.25, 0.3) is 0 Å². The Balaban J connectivity index is 2.00. The summed E-state index contributed by atoms with van der Waals surface area (Å²) in [6.07, 6.45) is 5.36. The van der Waals surface area contributed by atoms with Gasteiger partial charge < -0.3 is 10.5 Å². The molecule has 0 radical (unpaired) electrons. The average Bonchev–Trinajstić information content (AvgIpc) is 3.11. The summed E-state index contributed by atoms with van der Waals surface area (Å²) in [5.41, 5.74) is 11.5. The lowest BCUT2D eigenvalue weighted by Gasteiger charge is -2.16. The van der Waals surface area contributed by atoms with Gasteiger partial charge in [0.2, 0.25) is 0 Å². The fourth-order valence-corrected chi connectivity index (χ4v) is 3.04. The van der Waals surface area contributed by atoms with Crippen molar-refractivity contribution in [3.8, 4) is 5.75 Å². The zero-order chi connectivity index (χ0) is 14.1. The van der Waals surface area contributed by atoms with Gasteiger partial charge in [0, 0.05) is 6.54 Å². The van der Waals surface area contributed by atoms with Gasteiger partial charge in [0.05, 0.1) is 19.3 Å². The van der Waals surface area contributed by atoms with E-state index in [4.69, 9.17) is 10.5 Å². The number of benzene rings is 1. The van der Waals surface area contributed by atoms with Gasteiger partial charge in [-0.25, -0.2) is 0 Å². The first-order valence-corrected chi connectivity index (χ1v) is 7.21. The minimum atomic E-state index is -0.196. The number of fused-ring (bicyclic) bond motifs is 1. The molecule has 1 heterocycles. The number of nitrogens with two attached hydrogens (primary N) is 1. The van der Waals surface area contributed by atoms with Crippen molar-refractivity contribution in [3.63, 3.8) is 0 Å². The zero-order valence-corrected chi connectivity index (χ0v) is 12.1. The molecule has 2 aromatic rings. The zero-order valence-electron chi connectivity index (χ0n) is 12.1. The van der Waals surface area contributed by atoms with E-state index in [1.807, 2.05) is 4.68 Å². The summed E-state index contributed by atoms with van der Waals surface area (Å²) in [4.78, 5) is 0. The van der Waals surface area contributed by atoms with E-state index in [0.29, 0.717) is 0 Å². The number of aromatic nitrogens is 2. The Morgan fingerprint density at radius 2 is 2.15 bits per heavy atom. The number of rotatable bonds is 4. The molecule has 4 heteroatoms. The van der Waals surface area contributed by atoms with Crippen LogP contribution in [0.1, 0.15) is 41.8 Å². The molecule has 0 saturated carbocycles. The fourth-order valence-electron chi connectivity index (χ4n) is 3.04. The number of aryl methyl sites for hydroxylation is 3. The van der Waals surface area contributed by atoms with Gasteiger partial charge in [-0.2, -0.15) is 5.10 Å². The van der Waals surface area contributed by atoms with Crippen molar-refractivity contribution in [2.45, 2.75) is 38.8 Å². The van der Waals surface area contributed by atoms with Crippen LogP contribution >= 0.6 is 0 Å². The van der Waals surface area contributed by atoms with Crippen molar-refractivity contribution in [1.29, 1.82) is 0 Å². The fraction of sp³-hybridized carbons (Fsp3) is 0.438. The molecule has 0 amide bonds. The van der Waals surface area contributed by atoms with Crippen LogP contribution in [0.2, 0.25) is 0 Å². The summed E-state index contributed by atoms with van der Waals surface area (Å²) in [5, 5.41) is 4.34. The second-order valence-corrected chi connectivity index (χ2v) is 5.27. The van der Waals surface area contributed by atoms with Gasteiger partial charge >= 0.3 is 0 Å². The topological polar surface area (TPSA) is 53.1 Å². The third-order valence-electron chi connectivity index (χ3n) is 4.14. The van der Waals surface area contributed by atoms with Crippen molar-refractivity contribution in [2.75, 3.05) is 7.11 Å². The molecule has 1 aromatic carbocycles. The minimum absolute atomic E-state index is 0.196. The molecule has 3 rings (SSSR count). The van der Waals surface area contributed by atoms with Crippen LogP contribution in [0.5, 0.6) is 5.75 Å². The first kappa shape index (κ1) is 13.2. The lowest BCUT2D eigenvalue weighted by atomic mass is 9.99. The molecule has 20 heavy (non-hydrogen) atoms. The summed E-state index contributed by atoms with van der Waals surface area (Å²) >= 11 is 0. The van der Waals surface area contributed by atoms with Crippen molar-refractivity contribution in [2.24, 2.45) is 5.73 Å².